The van der Waals surface area contributed by atoms with E-state index in [1.165, 1.54) is 0 Å². The Balaban J connectivity index is 2.13. The molecule has 6 heteroatoms. The number of hydrogen-bond donors (Lipinski definition) is 0. The molecule has 1 heterocycles. The minimum Gasteiger partial charge on any atom is -0.378 e. The lowest BCUT2D eigenvalue weighted by atomic mass is 10.1. The van der Waals surface area contributed by atoms with Crippen molar-refractivity contribution in [3.05, 3.63) is 32.8 Å². The first-order valence-electron chi connectivity index (χ1n) is 6.42. The van der Waals surface area contributed by atoms with E-state index in [4.69, 9.17) is 4.74 Å². The first-order chi connectivity index (χ1) is 9.11. The molecule has 1 aromatic rings. The third-order valence-electron chi connectivity index (χ3n) is 3.32. The molecule has 1 fully saturated rings. The van der Waals surface area contributed by atoms with Crippen LogP contribution in [0.1, 0.15) is 19.8 Å². The molecule has 104 valence electrons. The fourth-order valence-corrected chi connectivity index (χ4v) is 2.76. The van der Waals surface area contributed by atoms with E-state index in [2.05, 4.69) is 20.8 Å². The average molecular weight is 329 g/mol. The summed E-state index contributed by atoms with van der Waals surface area (Å²) < 4.78 is 6.32. The highest BCUT2D eigenvalue weighted by Crippen LogP contribution is 2.33. The van der Waals surface area contributed by atoms with Gasteiger partial charge in [-0.15, -0.1) is 0 Å². The largest absolute Gasteiger partial charge is 0.378 e. The monoisotopic (exact) mass is 328 g/mol. The number of anilines is 1. The van der Waals surface area contributed by atoms with Crippen LogP contribution in [0.2, 0.25) is 0 Å². The number of halogens is 1. The summed E-state index contributed by atoms with van der Waals surface area (Å²) >= 11 is 3.28. The molecule has 1 saturated heterocycles. The summed E-state index contributed by atoms with van der Waals surface area (Å²) in [6.07, 6.45) is 2.12. The minimum absolute atomic E-state index is 0.157. The summed E-state index contributed by atoms with van der Waals surface area (Å²) in [4.78, 5) is 12.9. The minimum atomic E-state index is -0.325. The van der Waals surface area contributed by atoms with E-state index in [1.807, 2.05) is 19.1 Å². The van der Waals surface area contributed by atoms with Crippen molar-refractivity contribution in [3.63, 3.8) is 0 Å². The van der Waals surface area contributed by atoms with Crippen LogP contribution in [0.15, 0.2) is 22.7 Å². The molecule has 2 rings (SSSR count). The molecule has 1 aliphatic heterocycles. The first kappa shape index (κ1) is 14.3. The van der Waals surface area contributed by atoms with E-state index in [1.54, 1.807) is 6.07 Å². The van der Waals surface area contributed by atoms with E-state index in [0.29, 0.717) is 5.69 Å². The number of nitrogens with zero attached hydrogens (tertiary/aromatic N) is 2. The number of piperidine rings is 1. The predicted octanol–water partition coefficient (Wildman–Crippen LogP) is 3.36. The molecule has 0 radical (unpaired) electrons. The SMILES string of the molecule is CCOC1CCN(c2ccc(Br)cc2[N+](=O)[O-])CC1. The molecule has 0 saturated carbocycles. The Morgan fingerprint density at radius 2 is 2.16 bits per heavy atom. The summed E-state index contributed by atoms with van der Waals surface area (Å²) in [7, 11) is 0. The fourth-order valence-electron chi connectivity index (χ4n) is 2.41. The molecule has 0 bridgehead atoms. The fraction of sp³-hybridized carbons (Fsp3) is 0.538. The van der Waals surface area contributed by atoms with E-state index in [0.717, 1.165) is 37.0 Å². The van der Waals surface area contributed by atoms with E-state index in [9.17, 15) is 10.1 Å². The Bertz CT molecular complexity index is 459. The van der Waals surface area contributed by atoms with Gasteiger partial charge in [-0.3, -0.25) is 10.1 Å². The van der Waals surface area contributed by atoms with Gasteiger partial charge in [0.05, 0.1) is 11.0 Å². The lowest BCUT2D eigenvalue weighted by Gasteiger charge is -2.33. The number of hydrogen-bond acceptors (Lipinski definition) is 4. The summed E-state index contributed by atoms with van der Waals surface area (Å²) in [6, 6.07) is 5.21. The van der Waals surface area contributed by atoms with Gasteiger partial charge in [-0.2, -0.15) is 0 Å². The lowest BCUT2D eigenvalue weighted by Crippen LogP contribution is -2.37. The van der Waals surface area contributed by atoms with Crippen LogP contribution in [0.4, 0.5) is 11.4 Å². The van der Waals surface area contributed by atoms with Gasteiger partial charge in [-0.1, -0.05) is 15.9 Å². The standard InChI is InChI=1S/C13H17BrN2O3/c1-2-19-11-5-7-15(8-6-11)12-4-3-10(14)9-13(12)16(17)18/h3-4,9,11H,2,5-8H2,1H3. The van der Waals surface area contributed by atoms with E-state index in [-0.39, 0.29) is 16.7 Å². The van der Waals surface area contributed by atoms with Crippen LogP contribution in [0, 0.1) is 10.1 Å². The molecule has 0 amide bonds. The van der Waals surface area contributed by atoms with Gasteiger partial charge < -0.3 is 9.64 Å². The Hall–Kier alpha value is -1.14. The highest BCUT2D eigenvalue weighted by molar-refractivity contribution is 9.10. The van der Waals surface area contributed by atoms with Crippen molar-refractivity contribution in [2.45, 2.75) is 25.9 Å². The summed E-state index contributed by atoms with van der Waals surface area (Å²) in [5.41, 5.74) is 0.854. The number of nitro benzene ring substituents is 1. The molecule has 19 heavy (non-hydrogen) atoms. The Morgan fingerprint density at radius 1 is 1.47 bits per heavy atom. The third-order valence-corrected chi connectivity index (χ3v) is 3.81. The maximum atomic E-state index is 11.1. The zero-order valence-electron chi connectivity index (χ0n) is 10.8. The highest BCUT2D eigenvalue weighted by atomic mass is 79.9. The second-order valence-corrected chi connectivity index (χ2v) is 5.45. The van der Waals surface area contributed by atoms with Crippen LogP contribution in [0.5, 0.6) is 0 Å². The van der Waals surface area contributed by atoms with Gasteiger partial charge >= 0.3 is 0 Å². The molecular formula is C13H17BrN2O3. The Kier molecular flexibility index (Phi) is 4.76. The molecule has 0 aromatic heterocycles. The molecule has 5 nitrogen and oxygen atoms in total. The lowest BCUT2D eigenvalue weighted by molar-refractivity contribution is -0.384. The van der Waals surface area contributed by atoms with Crippen molar-refractivity contribution >= 4 is 27.3 Å². The molecule has 0 N–H and O–H groups in total. The molecule has 1 aromatic carbocycles. The van der Waals surface area contributed by atoms with Crippen LogP contribution in [-0.2, 0) is 4.74 Å². The Labute approximate surface area is 120 Å². The van der Waals surface area contributed by atoms with Crippen LogP contribution in [-0.4, -0.2) is 30.7 Å². The number of nitro groups is 1. The topological polar surface area (TPSA) is 55.6 Å². The number of rotatable bonds is 4. The molecular weight excluding hydrogens is 312 g/mol. The maximum Gasteiger partial charge on any atom is 0.293 e. The zero-order valence-corrected chi connectivity index (χ0v) is 12.4. The molecule has 1 aliphatic rings. The average Bonchev–Trinajstić information content (AvgIpc) is 2.40. The molecule has 0 unspecified atom stereocenters. The van der Waals surface area contributed by atoms with Crippen molar-refractivity contribution in [2.75, 3.05) is 24.6 Å². The second-order valence-electron chi connectivity index (χ2n) is 4.53. The van der Waals surface area contributed by atoms with Crippen LogP contribution < -0.4 is 4.90 Å². The van der Waals surface area contributed by atoms with Gasteiger partial charge in [0.25, 0.3) is 5.69 Å². The Morgan fingerprint density at radius 3 is 2.74 bits per heavy atom. The second kappa shape index (κ2) is 6.34. The normalized spacial score (nSPS) is 16.6. The summed E-state index contributed by atoms with van der Waals surface area (Å²) in [6.45, 7) is 4.31. The number of benzene rings is 1. The maximum absolute atomic E-state index is 11.1. The quantitative estimate of drug-likeness (QED) is 0.628. The van der Waals surface area contributed by atoms with Crippen LogP contribution >= 0.6 is 15.9 Å². The van der Waals surface area contributed by atoms with Gasteiger partial charge in [-0.25, -0.2) is 0 Å². The summed E-state index contributed by atoms with van der Waals surface area (Å²) in [5, 5.41) is 11.1. The number of ether oxygens (including phenoxy) is 1. The van der Waals surface area contributed by atoms with Crippen molar-refractivity contribution in [2.24, 2.45) is 0 Å². The molecule has 0 atom stereocenters. The van der Waals surface area contributed by atoms with Crippen molar-refractivity contribution < 1.29 is 9.66 Å². The zero-order chi connectivity index (χ0) is 13.8. The summed E-state index contributed by atoms with van der Waals surface area (Å²) in [5.74, 6) is 0. The smallest absolute Gasteiger partial charge is 0.293 e. The van der Waals surface area contributed by atoms with Gasteiger partial charge in [-0.05, 0) is 31.9 Å². The van der Waals surface area contributed by atoms with Gasteiger partial charge in [0.2, 0.25) is 0 Å². The van der Waals surface area contributed by atoms with Gasteiger partial charge in [0.15, 0.2) is 0 Å². The first-order valence-corrected chi connectivity index (χ1v) is 7.21. The van der Waals surface area contributed by atoms with Crippen LogP contribution in [0.3, 0.4) is 0 Å². The van der Waals surface area contributed by atoms with E-state index < -0.39 is 0 Å². The van der Waals surface area contributed by atoms with Gasteiger partial charge in [0.1, 0.15) is 5.69 Å². The van der Waals surface area contributed by atoms with E-state index >= 15 is 0 Å². The highest BCUT2D eigenvalue weighted by Gasteiger charge is 2.25. The third kappa shape index (κ3) is 3.45. The van der Waals surface area contributed by atoms with Crippen molar-refractivity contribution in [1.82, 2.24) is 0 Å². The van der Waals surface area contributed by atoms with Crippen molar-refractivity contribution in [1.29, 1.82) is 0 Å². The van der Waals surface area contributed by atoms with Crippen LogP contribution in [0.25, 0.3) is 0 Å². The molecule has 0 spiro atoms. The predicted molar refractivity (Wildman–Crippen MR) is 77.7 cm³/mol. The van der Waals surface area contributed by atoms with Gasteiger partial charge in [0, 0.05) is 30.2 Å². The van der Waals surface area contributed by atoms with Crippen molar-refractivity contribution in [3.8, 4) is 0 Å². The molecule has 0 aliphatic carbocycles.